The highest BCUT2D eigenvalue weighted by Crippen LogP contribution is 2.45. The van der Waals surface area contributed by atoms with E-state index in [-0.39, 0.29) is 17.0 Å². The molecule has 0 saturated carbocycles. The Bertz CT molecular complexity index is 1410. The van der Waals surface area contributed by atoms with E-state index in [1.165, 1.54) is 36.4 Å². The van der Waals surface area contributed by atoms with Gasteiger partial charge in [0.1, 0.15) is 17.8 Å². The molecule has 0 saturated heterocycles. The number of fused-ring (bicyclic) bond motifs is 1. The Morgan fingerprint density at radius 2 is 1.65 bits per heavy atom. The Labute approximate surface area is 213 Å². The molecular formula is C28H27F2N5O2. The monoisotopic (exact) mass is 503 g/mol. The third kappa shape index (κ3) is 4.21. The topological polar surface area (TPSA) is 82.4 Å². The lowest BCUT2D eigenvalue weighted by Crippen LogP contribution is -2.54. The maximum atomic E-state index is 15.1. The number of aromatic nitrogens is 2. The molecule has 1 unspecified atom stereocenters. The van der Waals surface area contributed by atoms with Crippen molar-refractivity contribution in [2.75, 3.05) is 22.1 Å². The van der Waals surface area contributed by atoms with Crippen LogP contribution in [0.5, 0.6) is 0 Å². The molecule has 4 aromatic rings. The molecule has 7 nitrogen and oxygen atoms in total. The number of nitrogens with zero attached hydrogens (tertiary/aromatic N) is 3. The summed E-state index contributed by atoms with van der Waals surface area (Å²) in [5.74, 6) is -1.23. The molecule has 0 radical (unpaired) electrons. The van der Waals surface area contributed by atoms with Crippen LogP contribution in [0.15, 0.2) is 79.0 Å². The highest BCUT2D eigenvalue weighted by atomic mass is 19.1. The van der Waals surface area contributed by atoms with E-state index >= 15 is 8.78 Å². The van der Waals surface area contributed by atoms with Gasteiger partial charge >= 0.3 is 0 Å². The highest BCUT2D eigenvalue weighted by molar-refractivity contribution is 6.05. The molecular weight excluding hydrogens is 476 g/mol. The fourth-order valence-electron chi connectivity index (χ4n) is 4.85. The van der Waals surface area contributed by atoms with Crippen molar-refractivity contribution in [3.63, 3.8) is 0 Å². The van der Waals surface area contributed by atoms with Gasteiger partial charge in [-0.2, -0.15) is 5.10 Å². The fraction of sp³-hybridized carbons (Fsp3) is 0.214. The lowest BCUT2D eigenvalue weighted by molar-refractivity contribution is 0.0524. The molecule has 1 atom stereocenters. The number of likely N-dealkylation sites (N-methyl/N-ethyl adjacent to an activating group) is 1. The highest BCUT2D eigenvalue weighted by Gasteiger charge is 2.49. The summed E-state index contributed by atoms with van der Waals surface area (Å²) in [6.07, 6.45) is 0.817. The van der Waals surface area contributed by atoms with Gasteiger partial charge in [-0.1, -0.05) is 36.4 Å². The normalized spacial score (nSPS) is 14.8. The van der Waals surface area contributed by atoms with Crippen molar-refractivity contribution in [1.82, 2.24) is 9.78 Å². The summed E-state index contributed by atoms with van der Waals surface area (Å²) in [4.78, 5) is 14.8. The number of rotatable bonds is 7. The van der Waals surface area contributed by atoms with Crippen LogP contribution in [-0.2, 0) is 12.1 Å². The molecule has 5 rings (SSSR count). The van der Waals surface area contributed by atoms with Crippen molar-refractivity contribution in [1.29, 1.82) is 0 Å². The number of carbonyl (C=O) groups excluding carboxylic acids is 1. The van der Waals surface area contributed by atoms with Crippen LogP contribution in [0.3, 0.4) is 0 Å². The third-order valence-electron chi connectivity index (χ3n) is 6.68. The van der Waals surface area contributed by atoms with Crippen LogP contribution in [0.4, 0.5) is 26.0 Å². The molecule has 2 heterocycles. The summed E-state index contributed by atoms with van der Waals surface area (Å²) >= 11 is 0. The molecule has 1 aliphatic rings. The Morgan fingerprint density at radius 1 is 1.00 bits per heavy atom. The number of aliphatic hydroxyl groups is 1. The molecule has 37 heavy (non-hydrogen) atoms. The zero-order valence-electron chi connectivity index (χ0n) is 20.5. The van der Waals surface area contributed by atoms with Gasteiger partial charge in [0.2, 0.25) is 0 Å². The predicted octanol–water partition coefficient (Wildman–Crippen LogP) is 4.95. The molecule has 1 aromatic heterocycles. The van der Waals surface area contributed by atoms with Crippen LogP contribution in [-0.4, -0.2) is 33.5 Å². The van der Waals surface area contributed by atoms with Crippen LogP contribution in [0, 0.1) is 11.6 Å². The molecule has 1 aliphatic heterocycles. The Balaban J connectivity index is 1.55. The second-order valence-electron chi connectivity index (χ2n) is 8.80. The van der Waals surface area contributed by atoms with E-state index in [4.69, 9.17) is 0 Å². The third-order valence-corrected chi connectivity index (χ3v) is 6.68. The number of hydrogen-bond donors (Lipinski definition) is 3. The Kier molecular flexibility index (Phi) is 6.39. The summed E-state index contributed by atoms with van der Waals surface area (Å²) in [7, 11) is 0. The molecule has 3 aromatic carbocycles. The number of benzene rings is 3. The largest absolute Gasteiger partial charge is 0.376 e. The van der Waals surface area contributed by atoms with Gasteiger partial charge < -0.3 is 20.6 Å². The first-order chi connectivity index (χ1) is 17.9. The second-order valence-corrected chi connectivity index (χ2v) is 8.80. The quantitative estimate of drug-likeness (QED) is 0.333. The summed E-state index contributed by atoms with van der Waals surface area (Å²) in [6.45, 7) is 4.89. The number of amides is 1. The van der Waals surface area contributed by atoms with Crippen molar-refractivity contribution >= 4 is 23.1 Å². The van der Waals surface area contributed by atoms with E-state index in [1.54, 1.807) is 52.2 Å². The second kappa shape index (κ2) is 9.67. The van der Waals surface area contributed by atoms with E-state index in [0.29, 0.717) is 35.8 Å². The average Bonchev–Trinajstić information content (AvgIpc) is 3.52. The maximum absolute atomic E-state index is 15.1. The van der Waals surface area contributed by atoms with E-state index in [2.05, 4.69) is 15.7 Å². The number of carbonyl (C=O) groups is 1. The van der Waals surface area contributed by atoms with E-state index in [1.807, 2.05) is 13.8 Å². The van der Waals surface area contributed by atoms with Crippen LogP contribution in [0.25, 0.3) is 0 Å². The summed E-state index contributed by atoms with van der Waals surface area (Å²) in [5.41, 5.74) is -0.580. The van der Waals surface area contributed by atoms with Gasteiger partial charge in [0, 0.05) is 42.0 Å². The molecule has 1 amide bonds. The van der Waals surface area contributed by atoms with Crippen molar-refractivity contribution in [3.05, 3.63) is 107 Å². The van der Waals surface area contributed by atoms with Gasteiger partial charge in [-0.3, -0.25) is 9.48 Å². The average molecular weight is 504 g/mol. The Hall–Kier alpha value is -4.24. The maximum Gasteiger partial charge on any atom is 0.256 e. The lowest BCUT2D eigenvalue weighted by Gasteiger charge is -2.40. The van der Waals surface area contributed by atoms with Crippen molar-refractivity contribution in [3.8, 4) is 0 Å². The number of hydrogen-bond acceptors (Lipinski definition) is 5. The van der Waals surface area contributed by atoms with E-state index in [0.717, 1.165) is 0 Å². The summed E-state index contributed by atoms with van der Waals surface area (Å²) in [6, 6.07) is 18.4. The molecule has 0 aliphatic carbocycles. The number of anilines is 3. The molecule has 0 spiro atoms. The minimum atomic E-state index is -2.10. The zero-order valence-corrected chi connectivity index (χ0v) is 20.5. The number of nitrogens with one attached hydrogen (secondary N) is 2. The molecule has 0 bridgehead atoms. The molecule has 9 heteroatoms. The number of halogens is 2. The molecule has 190 valence electrons. The summed E-state index contributed by atoms with van der Waals surface area (Å²) < 4.78 is 32.0. The minimum absolute atomic E-state index is 0.0617. The predicted molar refractivity (Wildman–Crippen MR) is 139 cm³/mol. The first-order valence-corrected chi connectivity index (χ1v) is 12.1. The first kappa shape index (κ1) is 24.5. The van der Waals surface area contributed by atoms with E-state index < -0.39 is 23.4 Å². The molecule has 3 N–H and O–H groups in total. The lowest BCUT2D eigenvalue weighted by atomic mass is 9.82. The van der Waals surface area contributed by atoms with Crippen molar-refractivity contribution < 1.29 is 18.7 Å². The van der Waals surface area contributed by atoms with Gasteiger partial charge in [0.15, 0.2) is 11.4 Å². The van der Waals surface area contributed by atoms with Crippen molar-refractivity contribution in [2.24, 2.45) is 0 Å². The van der Waals surface area contributed by atoms with Crippen LogP contribution >= 0.6 is 0 Å². The van der Waals surface area contributed by atoms with Crippen LogP contribution in [0.2, 0.25) is 0 Å². The molecule has 0 fully saturated rings. The standard InChI is InChI=1S/C28H27F2N5O2/c1-3-34-16-15-25(33-34)32-26(36)18-13-14-23-24(17-18)35(4-2)27(31-23)28(37,19-9-5-7-11-21(19)29)20-10-6-8-12-22(20)30/h5-17,27,31,37H,3-4H2,1-2H3,(H,32,33,36). The van der Waals surface area contributed by atoms with Gasteiger partial charge in [-0.05, 0) is 44.2 Å². The number of aryl methyl sites for hydroxylation is 1. The van der Waals surface area contributed by atoms with E-state index in [9.17, 15) is 9.90 Å². The zero-order chi connectivity index (χ0) is 26.2. The van der Waals surface area contributed by atoms with Gasteiger partial charge in [0.05, 0.1) is 11.4 Å². The van der Waals surface area contributed by atoms with Gasteiger partial charge in [0.25, 0.3) is 5.91 Å². The van der Waals surface area contributed by atoms with Gasteiger partial charge in [-0.25, -0.2) is 8.78 Å². The van der Waals surface area contributed by atoms with Crippen molar-refractivity contribution in [2.45, 2.75) is 32.2 Å². The summed E-state index contributed by atoms with van der Waals surface area (Å²) in [5, 5.41) is 22.5. The Morgan fingerprint density at radius 3 is 2.22 bits per heavy atom. The smallest absolute Gasteiger partial charge is 0.256 e. The first-order valence-electron chi connectivity index (χ1n) is 12.1. The minimum Gasteiger partial charge on any atom is -0.376 e. The SMILES string of the molecule is CCN1c2cc(C(=O)Nc3ccn(CC)n3)ccc2NC1C(O)(c1ccccc1F)c1ccccc1F. The van der Waals surface area contributed by atoms with Crippen LogP contribution in [0.1, 0.15) is 35.3 Å². The van der Waals surface area contributed by atoms with Crippen LogP contribution < -0.4 is 15.5 Å². The van der Waals surface area contributed by atoms with Gasteiger partial charge in [-0.15, -0.1) is 0 Å². The fourth-order valence-corrected chi connectivity index (χ4v) is 4.85.